The molecule has 9 nitrogen and oxygen atoms in total. The molecule has 0 radical (unpaired) electrons. The fourth-order valence-corrected chi connectivity index (χ4v) is 3.22. The summed E-state index contributed by atoms with van der Waals surface area (Å²) in [6.07, 6.45) is 1.70. The number of pyridine rings is 1. The molecule has 3 heterocycles. The van der Waals surface area contributed by atoms with Gasteiger partial charge in [0.1, 0.15) is 6.54 Å². The molecule has 0 aliphatic carbocycles. The number of anilines is 1. The van der Waals surface area contributed by atoms with Crippen LogP contribution in [-0.4, -0.2) is 39.0 Å². The third kappa shape index (κ3) is 4.45. The lowest BCUT2D eigenvalue weighted by Crippen LogP contribution is -2.55. The minimum atomic E-state index is -0.396. The van der Waals surface area contributed by atoms with Gasteiger partial charge in [-0.3, -0.25) is 20.0 Å². The van der Waals surface area contributed by atoms with Crippen LogP contribution in [-0.2, 0) is 16.1 Å². The second-order valence-corrected chi connectivity index (χ2v) is 7.39. The van der Waals surface area contributed by atoms with E-state index in [1.807, 2.05) is 63.2 Å². The molecule has 1 aliphatic rings. The van der Waals surface area contributed by atoms with E-state index in [4.69, 9.17) is 0 Å². The molecule has 158 valence electrons. The summed E-state index contributed by atoms with van der Waals surface area (Å²) in [6.45, 7) is 6.06. The summed E-state index contributed by atoms with van der Waals surface area (Å²) >= 11 is 0. The van der Waals surface area contributed by atoms with E-state index >= 15 is 0 Å². The topological polar surface area (TPSA) is 105 Å². The molecule has 3 aromatic rings. The molecule has 31 heavy (non-hydrogen) atoms. The van der Waals surface area contributed by atoms with E-state index in [9.17, 15) is 9.59 Å². The maximum atomic E-state index is 12.6. The Morgan fingerprint density at radius 1 is 1.13 bits per heavy atom. The van der Waals surface area contributed by atoms with Crippen molar-refractivity contribution in [1.82, 2.24) is 25.5 Å². The number of amidine groups is 1. The van der Waals surface area contributed by atoms with E-state index in [0.717, 1.165) is 22.5 Å². The van der Waals surface area contributed by atoms with Gasteiger partial charge in [-0.25, -0.2) is 14.7 Å². The Morgan fingerprint density at radius 2 is 1.90 bits per heavy atom. The van der Waals surface area contributed by atoms with E-state index in [2.05, 4.69) is 25.8 Å². The highest BCUT2D eigenvalue weighted by Gasteiger charge is 2.25. The monoisotopic (exact) mass is 417 g/mol. The first kappa shape index (κ1) is 20.3. The van der Waals surface area contributed by atoms with Crippen LogP contribution in [0.5, 0.6) is 0 Å². The van der Waals surface area contributed by atoms with Gasteiger partial charge in [0.15, 0.2) is 5.82 Å². The molecule has 0 atom stereocenters. The van der Waals surface area contributed by atoms with Crippen molar-refractivity contribution in [3.63, 3.8) is 0 Å². The fraction of sp³-hybridized carbons (Fsp3) is 0.227. The summed E-state index contributed by atoms with van der Waals surface area (Å²) < 4.78 is 1.77. The van der Waals surface area contributed by atoms with Crippen LogP contribution < -0.4 is 15.8 Å². The van der Waals surface area contributed by atoms with Gasteiger partial charge in [-0.15, -0.1) is 0 Å². The highest BCUT2D eigenvalue weighted by atomic mass is 16.2. The molecule has 1 aliphatic heterocycles. The lowest BCUT2D eigenvalue weighted by atomic mass is 10.2. The highest BCUT2D eigenvalue weighted by molar-refractivity contribution is 6.39. The molecule has 4 rings (SSSR count). The van der Waals surface area contributed by atoms with Gasteiger partial charge < -0.3 is 5.32 Å². The zero-order valence-electron chi connectivity index (χ0n) is 17.6. The SMILES string of the molecule is Cc1ccc(N2NC(C(=O)NCc3ccc(-n4nc(C)cc4C)nc3)=NCC2=O)cc1. The second-order valence-electron chi connectivity index (χ2n) is 7.39. The van der Waals surface area contributed by atoms with Crippen LogP contribution in [0.25, 0.3) is 5.82 Å². The zero-order chi connectivity index (χ0) is 22.0. The minimum absolute atomic E-state index is 0.0902. The van der Waals surface area contributed by atoms with Gasteiger partial charge in [-0.05, 0) is 50.6 Å². The lowest BCUT2D eigenvalue weighted by Gasteiger charge is -2.27. The molecule has 0 saturated carbocycles. The van der Waals surface area contributed by atoms with Crippen molar-refractivity contribution < 1.29 is 9.59 Å². The molecule has 0 saturated heterocycles. The van der Waals surface area contributed by atoms with E-state index in [1.165, 1.54) is 5.01 Å². The number of hydrogen-bond donors (Lipinski definition) is 2. The predicted octanol–water partition coefficient (Wildman–Crippen LogP) is 1.76. The van der Waals surface area contributed by atoms with Crippen LogP contribution in [0.4, 0.5) is 5.69 Å². The van der Waals surface area contributed by atoms with Crippen molar-refractivity contribution >= 4 is 23.3 Å². The number of aryl methyl sites for hydroxylation is 3. The molecule has 1 aromatic carbocycles. The number of amides is 2. The average Bonchev–Trinajstić information content (AvgIpc) is 3.11. The van der Waals surface area contributed by atoms with Crippen molar-refractivity contribution in [2.45, 2.75) is 27.3 Å². The van der Waals surface area contributed by atoms with E-state index in [1.54, 1.807) is 10.9 Å². The predicted molar refractivity (Wildman–Crippen MR) is 117 cm³/mol. The molecule has 0 bridgehead atoms. The van der Waals surface area contributed by atoms with Crippen LogP contribution in [0, 0.1) is 20.8 Å². The zero-order valence-corrected chi connectivity index (χ0v) is 17.6. The molecule has 2 N–H and O–H groups in total. The van der Waals surface area contributed by atoms with E-state index in [0.29, 0.717) is 11.5 Å². The Labute approximate surface area is 179 Å². The summed E-state index contributed by atoms with van der Waals surface area (Å²) in [5, 5.41) is 8.56. The molecule has 0 spiro atoms. The summed E-state index contributed by atoms with van der Waals surface area (Å²) in [4.78, 5) is 33.3. The van der Waals surface area contributed by atoms with Gasteiger partial charge in [0.05, 0.1) is 11.4 Å². The van der Waals surface area contributed by atoms with Gasteiger partial charge in [-0.2, -0.15) is 5.10 Å². The van der Waals surface area contributed by atoms with Gasteiger partial charge in [0.2, 0.25) is 5.84 Å². The van der Waals surface area contributed by atoms with Crippen LogP contribution in [0.3, 0.4) is 0 Å². The minimum Gasteiger partial charge on any atom is -0.345 e. The maximum absolute atomic E-state index is 12.6. The maximum Gasteiger partial charge on any atom is 0.288 e. The Bertz CT molecular complexity index is 1150. The Morgan fingerprint density at radius 3 is 2.55 bits per heavy atom. The number of aliphatic imine (C=N–C) groups is 1. The standard InChI is InChI=1S/C22H23N7O2/c1-14-4-7-18(8-5-14)29-20(30)13-24-21(27-29)22(31)25-12-17-6-9-19(23-11-17)28-16(3)10-15(2)26-28/h4-11H,12-13H2,1-3H3,(H,24,27)(H,25,31). The Kier molecular flexibility index (Phi) is 5.48. The third-order valence-electron chi connectivity index (χ3n) is 4.84. The molecular weight excluding hydrogens is 394 g/mol. The Hall–Kier alpha value is -4.01. The smallest absolute Gasteiger partial charge is 0.288 e. The first-order valence-electron chi connectivity index (χ1n) is 9.88. The number of nitrogens with zero attached hydrogens (tertiary/aromatic N) is 5. The van der Waals surface area contributed by atoms with Crippen LogP contribution in [0.1, 0.15) is 22.5 Å². The lowest BCUT2D eigenvalue weighted by molar-refractivity contribution is -0.118. The first-order valence-corrected chi connectivity index (χ1v) is 9.88. The molecule has 2 amide bonds. The van der Waals surface area contributed by atoms with Gasteiger partial charge in [-0.1, -0.05) is 23.8 Å². The number of hydrogen-bond acceptors (Lipinski definition) is 6. The van der Waals surface area contributed by atoms with Crippen LogP contribution in [0.2, 0.25) is 0 Å². The number of rotatable bonds is 5. The van der Waals surface area contributed by atoms with Crippen molar-refractivity contribution in [3.8, 4) is 5.82 Å². The first-order chi connectivity index (χ1) is 14.9. The number of benzene rings is 1. The normalized spacial score (nSPS) is 13.6. The number of nitrogens with one attached hydrogen (secondary N) is 2. The third-order valence-corrected chi connectivity index (χ3v) is 4.84. The largest absolute Gasteiger partial charge is 0.345 e. The summed E-state index contributed by atoms with van der Waals surface area (Å²) in [5.41, 5.74) is 7.30. The van der Waals surface area contributed by atoms with Crippen LogP contribution >= 0.6 is 0 Å². The van der Waals surface area contributed by atoms with Gasteiger partial charge in [0.25, 0.3) is 11.8 Å². The van der Waals surface area contributed by atoms with Crippen molar-refractivity contribution in [1.29, 1.82) is 0 Å². The number of carbonyl (C=O) groups is 2. The molecule has 2 aromatic heterocycles. The number of hydrazine groups is 1. The molecule has 0 unspecified atom stereocenters. The van der Waals surface area contributed by atoms with Gasteiger partial charge in [0, 0.05) is 18.4 Å². The molecular formula is C22H23N7O2. The molecule has 9 heteroatoms. The Balaban J connectivity index is 1.38. The quantitative estimate of drug-likeness (QED) is 0.658. The van der Waals surface area contributed by atoms with Crippen molar-refractivity contribution in [2.75, 3.05) is 11.6 Å². The summed E-state index contributed by atoms with van der Waals surface area (Å²) in [5.74, 6) is 0.176. The summed E-state index contributed by atoms with van der Waals surface area (Å²) in [6, 6.07) is 13.2. The van der Waals surface area contributed by atoms with Gasteiger partial charge >= 0.3 is 0 Å². The molecule has 0 fully saturated rings. The average molecular weight is 417 g/mol. The van der Waals surface area contributed by atoms with E-state index < -0.39 is 5.91 Å². The fourth-order valence-electron chi connectivity index (χ4n) is 3.22. The van der Waals surface area contributed by atoms with E-state index in [-0.39, 0.29) is 24.8 Å². The highest BCUT2D eigenvalue weighted by Crippen LogP contribution is 2.15. The van der Waals surface area contributed by atoms with Crippen molar-refractivity contribution in [2.24, 2.45) is 4.99 Å². The number of aromatic nitrogens is 3. The second kappa shape index (κ2) is 8.39. The summed E-state index contributed by atoms with van der Waals surface area (Å²) in [7, 11) is 0. The van der Waals surface area contributed by atoms with Crippen LogP contribution in [0.15, 0.2) is 53.7 Å². The number of carbonyl (C=O) groups excluding carboxylic acids is 2. The van der Waals surface area contributed by atoms with Crippen molar-refractivity contribution in [3.05, 3.63) is 71.2 Å².